The molecule has 0 spiro atoms. The highest BCUT2D eigenvalue weighted by atomic mass is 35.5. The van der Waals surface area contributed by atoms with Crippen molar-refractivity contribution in [2.75, 3.05) is 0 Å². The summed E-state index contributed by atoms with van der Waals surface area (Å²) in [5.41, 5.74) is 0.296. The number of hydrogen-bond donors (Lipinski definition) is 0. The fraction of sp³-hybridized carbons (Fsp3) is 0.455. The van der Waals surface area contributed by atoms with E-state index < -0.39 is 11.7 Å². The summed E-state index contributed by atoms with van der Waals surface area (Å²) in [5, 5.41) is 0. The molecule has 0 saturated carbocycles. The maximum atomic E-state index is 12.6. The molecular formula is C11H12ClF3. The van der Waals surface area contributed by atoms with Crippen LogP contribution in [0.5, 0.6) is 0 Å². The largest absolute Gasteiger partial charge is 0.416 e. The highest BCUT2D eigenvalue weighted by Gasteiger charge is 2.33. The number of benzene rings is 1. The summed E-state index contributed by atoms with van der Waals surface area (Å²) in [6.45, 7) is 1.86. The van der Waals surface area contributed by atoms with Crippen LogP contribution in [0.4, 0.5) is 13.2 Å². The number of halogens is 4. The highest BCUT2D eigenvalue weighted by molar-refractivity contribution is 6.17. The molecule has 0 nitrogen and oxygen atoms in total. The molecular weight excluding hydrogens is 225 g/mol. The third-order valence-electron chi connectivity index (χ3n) is 2.15. The van der Waals surface area contributed by atoms with Crippen LogP contribution in [0.3, 0.4) is 0 Å². The van der Waals surface area contributed by atoms with Crippen molar-refractivity contribution in [1.82, 2.24) is 0 Å². The fourth-order valence-electron chi connectivity index (χ4n) is 1.46. The molecule has 15 heavy (non-hydrogen) atoms. The van der Waals surface area contributed by atoms with E-state index in [0.717, 1.165) is 6.07 Å². The lowest BCUT2D eigenvalue weighted by molar-refractivity contribution is -0.138. The Morgan fingerprint density at radius 3 is 2.40 bits per heavy atom. The van der Waals surface area contributed by atoms with E-state index in [2.05, 4.69) is 0 Å². The number of alkyl halides is 4. The molecule has 0 aliphatic carbocycles. The van der Waals surface area contributed by atoms with Gasteiger partial charge in [0.25, 0.3) is 0 Å². The Morgan fingerprint density at radius 2 is 1.93 bits per heavy atom. The molecule has 0 radical (unpaired) electrons. The van der Waals surface area contributed by atoms with Crippen LogP contribution in [0.15, 0.2) is 18.2 Å². The predicted octanol–water partition coefficient (Wildman–Crippen LogP) is 4.40. The molecule has 0 saturated heterocycles. The average molecular weight is 237 g/mol. The summed E-state index contributed by atoms with van der Waals surface area (Å²) in [6, 6.07) is 4.30. The maximum Gasteiger partial charge on any atom is 0.416 e. The smallest absolute Gasteiger partial charge is 0.166 e. The Morgan fingerprint density at radius 1 is 1.27 bits per heavy atom. The zero-order valence-corrected chi connectivity index (χ0v) is 9.12. The van der Waals surface area contributed by atoms with Gasteiger partial charge in [-0.2, -0.15) is 13.2 Å². The second-order valence-electron chi connectivity index (χ2n) is 3.37. The Hall–Kier alpha value is -0.700. The van der Waals surface area contributed by atoms with Crippen molar-refractivity contribution in [3.8, 4) is 0 Å². The van der Waals surface area contributed by atoms with Crippen molar-refractivity contribution in [3.05, 3.63) is 34.9 Å². The monoisotopic (exact) mass is 236 g/mol. The van der Waals surface area contributed by atoms with Crippen molar-refractivity contribution >= 4 is 11.6 Å². The Labute approximate surface area is 92.1 Å². The van der Waals surface area contributed by atoms with E-state index >= 15 is 0 Å². The predicted molar refractivity (Wildman–Crippen MR) is 55.0 cm³/mol. The third kappa shape index (κ3) is 3.13. The lowest BCUT2D eigenvalue weighted by Crippen LogP contribution is -2.09. The van der Waals surface area contributed by atoms with E-state index in [1.54, 1.807) is 6.07 Å². The minimum atomic E-state index is -4.29. The minimum absolute atomic E-state index is 0.107. The topological polar surface area (TPSA) is 0 Å². The van der Waals surface area contributed by atoms with Gasteiger partial charge >= 0.3 is 6.18 Å². The van der Waals surface area contributed by atoms with E-state index in [-0.39, 0.29) is 5.88 Å². The van der Waals surface area contributed by atoms with Crippen LogP contribution in [0.1, 0.15) is 30.0 Å². The first-order valence-electron chi connectivity index (χ1n) is 4.74. The van der Waals surface area contributed by atoms with Crippen LogP contribution in [0.2, 0.25) is 0 Å². The highest BCUT2D eigenvalue weighted by Crippen LogP contribution is 2.33. The van der Waals surface area contributed by atoms with Crippen molar-refractivity contribution in [3.63, 3.8) is 0 Å². The summed E-state index contributed by atoms with van der Waals surface area (Å²) in [5.74, 6) is 0.107. The van der Waals surface area contributed by atoms with E-state index in [1.807, 2.05) is 6.92 Å². The van der Waals surface area contributed by atoms with E-state index in [9.17, 15) is 13.2 Å². The molecule has 0 N–H and O–H groups in total. The van der Waals surface area contributed by atoms with E-state index in [1.165, 1.54) is 6.07 Å². The van der Waals surface area contributed by atoms with Gasteiger partial charge in [0.05, 0.1) is 5.56 Å². The first kappa shape index (κ1) is 12.4. The summed E-state index contributed by atoms with van der Waals surface area (Å²) in [7, 11) is 0. The quantitative estimate of drug-likeness (QED) is 0.683. The molecule has 0 heterocycles. The molecule has 0 aliphatic rings. The number of hydrogen-bond acceptors (Lipinski definition) is 0. The van der Waals surface area contributed by atoms with Gasteiger partial charge < -0.3 is 0 Å². The average Bonchev–Trinajstić information content (AvgIpc) is 2.17. The van der Waals surface area contributed by atoms with Crippen molar-refractivity contribution in [2.24, 2.45) is 0 Å². The molecule has 0 aliphatic heterocycles. The summed E-state index contributed by atoms with van der Waals surface area (Å²) in [4.78, 5) is 0. The molecule has 4 heteroatoms. The summed E-state index contributed by atoms with van der Waals surface area (Å²) >= 11 is 5.51. The number of aryl methyl sites for hydroxylation is 1. The zero-order valence-electron chi connectivity index (χ0n) is 8.37. The van der Waals surface area contributed by atoms with Gasteiger partial charge in [0, 0.05) is 5.88 Å². The fourth-order valence-corrected chi connectivity index (χ4v) is 1.62. The van der Waals surface area contributed by atoms with Crippen LogP contribution < -0.4 is 0 Å². The summed E-state index contributed by atoms with van der Waals surface area (Å²) < 4.78 is 37.9. The van der Waals surface area contributed by atoms with Gasteiger partial charge in [0.2, 0.25) is 0 Å². The van der Waals surface area contributed by atoms with Gasteiger partial charge in [0.15, 0.2) is 0 Å². The second kappa shape index (κ2) is 4.88. The van der Waals surface area contributed by atoms with Gasteiger partial charge in [-0.25, -0.2) is 0 Å². The van der Waals surface area contributed by atoms with E-state index in [4.69, 9.17) is 11.6 Å². The molecule has 0 fully saturated rings. The lowest BCUT2D eigenvalue weighted by atomic mass is 10.0. The van der Waals surface area contributed by atoms with Crippen molar-refractivity contribution in [1.29, 1.82) is 0 Å². The molecule has 84 valence electrons. The van der Waals surface area contributed by atoms with Crippen LogP contribution in [-0.4, -0.2) is 0 Å². The Bertz CT molecular complexity index is 331. The third-order valence-corrected chi connectivity index (χ3v) is 2.46. The zero-order chi connectivity index (χ0) is 11.5. The molecule has 0 bridgehead atoms. The molecule has 0 atom stereocenters. The van der Waals surface area contributed by atoms with Gasteiger partial charge in [-0.05, 0) is 23.6 Å². The second-order valence-corrected chi connectivity index (χ2v) is 3.64. The summed E-state index contributed by atoms with van der Waals surface area (Å²) in [6.07, 6.45) is -3.15. The Balaban J connectivity index is 3.16. The van der Waals surface area contributed by atoms with E-state index in [0.29, 0.717) is 24.0 Å². The number of rotatable bonds is 3. The normalized spacial score (nSPS) is 11.8. The lowest BCUT2D eigenvalue weighted by Gasteiger charge is -2.13. The maximum absolute atomic E-state index is 12.6. The molecule has 0 amide bonds. The molecule has 1 rings (SSSR count). The first-order valence-corrected chi connectivity index (χ1v) is 5.27. The van der Waals surface area contributed by atoms with Gasteiger partial charge in [-0.3, -0.25) is 0 Å². The van der Waals surface area contributed by atoms with Crippen LogP contribution in [0, 0.1) is 0 Å². The standard InChI is InChI=1S/C11H12ClF3/c1-2-3-9-5-4-8(7-12)6-10(9)11(13,14)15/h4-6H,2-3,7H2,1H3. The first-order chi connectivity index (χ1) is 6.99. The van der Waals surface area contributed by atoms with Crippen molar-refractivity contribution < 1.29 is 13.2 Å². The SMILES string of the molecule is CCCc1ccc(CCl)cc1C(F)(F)F. The molecule has 0 unspecified atom stereocenters. The van der Waals surface area contributed by atoms with Gasteiger partial charge in [-0.15, -0.1) is 11.6 Å². The van der Waals surface area contributed by atoms with Crippen LogP contribution >= 0.6 is 11.6 Å². The van der Waals surface area contributed by atoms with Crippen LogP contribution in [0.25, 0.3) is 0 Å². The molecule has 1 aromatic carbocycles. The van der Waals surface area contributed by atoms with Crippen LogP contribution in [-0.2, 0) is 18.5 Å². The Kier molecular flexibility index (Phi) is 4.03. The van der Waals surface area contributed by atoms with Gasteiger partial charge in [0.1, 0.15) is 0 Å². The molecule has 1 aromatic rings. The van der Waals surface area contributed by atoms with Crippen molar-refractivity contribution in [2.45, 2.75) is 31.8 Å². The minimum Gasteiger partial charge on any atom is -0.166 e. The van der Waals surface area contributed by atoms with Gasteiger partial charge in [-0.1, -0.05) is 25.5 Å². The molecule has 0 aromatic heterocycles.